The number of carbonyl (C=O) groups is 2. The minimum absolute atomic E-state index is 0.0231. The lowest BCUT2D eigenvalue weighted by Crippen LogP contribution is -2.30. The molecule has 1 amide bonds. The van der Waals surface area contributed by atoms with E-state index in [-0.39, 0.29) is 24.3 Å². The van der Waals surface area contributed by atoms with Crippen molar-refractivity contribution in [3.05, 3.63) is 35.9 Å². The van der Waals surface area contributed by atoms with E-state index in [0.29, 0.717) is 13.0 Å². The van der Waals surface area contributed by atoms with Gasteiger partial charge in [0, 0.05) is 6.42 Å². The molecule has 1 aromatic carbocycles. The smallest absolute Gasteiger partial charge is 0.308 e. The third-order valence-corrected chi connectivity index (χ3v) is 2.97. The van der Waals surface area contributed by atoms with Gasteiger partial charge < -0.3 is 10.1 Å². The molecule has 1 N–H and O–H groups in total. The largest absolute Gasteiger partial charge is 0.466 e. The highest BCUT2D eigenvalue weighted by Crippen LogP contribution is 2.17. The van der Waals surface area contributed by atoms with Crippen molar-refractivity contribution in [1.82, 2.24) is 5.32 Å². The summed E-state index contributed by atoms with van der Waals surface area (Å²) in [7, 11) is 0. The van der Waals surface area contributed by atoms with E-state index in [1.54, 1.807) is 6.92 Å². The fraction of sp³-hybridized carbons (Fsp3) is 0.500. The van der Waals surface area contributed by atoms with E-state index in [1.807, 2.05) is 37.3 Å². The Morgan fingerprint density at radius 3 is 2.50 bits per heavy atom. The Balaban J connectivity index is 2.69. The van der Waals surface area contributed by atoms with Crippen molar-refractivity contribution in [1.29, 1.82) is 0 Å². The van der Waals surface area contributed by atoms with E-state index >= 15 is 0 Å². The van der Waals surface area contributed by atoms with E-state index in [2.05, 4.69) is 5.32 Å². The number of nitrogens with one attached hydrogen (secondary N) is 1. The molecule has 1 unspecified atom stereocenters. The van der Waals surface area contributed by atoms with Crippen LogP contribution in [0.2, 0.25) is 0 Å². The molecule has 0 radical (unpaired) electrons. The summed E-state index contributed by atoms with van der Waals surface area (Å²) in [6, 6.07) is 9.19. The summed E-state index contributed by atoms with van der Waals surface area (Å²) >= 11 is 0. The molecule has 4 heteroatoms. The van der Waals surface area contributed by atoms with Crippen LogP contribution in [-0.2, 0) is 14.3 Å². The Hall–Kier alpha value is -1.84. The second-order valence-electron chi connectivity index (χ2n) is 4.64. The molecule has 0 aliphatic rings. The Bertz CT molecular complexity index is 417. The van der Waals surface area contributed by atoms with Crippen LogP contribution in [0, 0.1) is 0 Å². The first-order valence-corrected chi connectivity index (χ1v) is 7.17. The van der Waals surface area contributed by atoms with Gasteiger partial charge in [0.2, 0.25) is 5.91 Å². The quantitative estimate of drug-likeness (QED) is 0.743. The number of hydrogen-bond acceptors (Lipinski definition) is 3. The lowest BCUT2D eigenvalue weighted by Gasteiger charge is -2.18. The maximum Gasteiger partial charge on any atom is 0.308 e. The summed E-state index contributed by atoms with van der Waals surface area (Å²) in [5, 5.41) is 2.92. The average Bonchev–Trinajstić information content (AvgIpc) is 2.45. The van der Waals surface area contributed by atoms with Gasteiger partial charge >= 0.3 is 5.97 Å². The maximum atomic E-state index is 11.9. The van der Waals surface area contributed by atoms with Crippen LogP contribution in [0.25, 0.3) is 0 Å². The number of rotatable bonds is 8. The standard InChI is InChI=1S/C16H23NO3/c1-3-5-11-15(18)17-14(12-16(19)20-4-2)13-9-7-6-8-10-13/h6-10,14H,3-5,11-12H2,1-2H3,(H,17,18). The molecule has 0 aromatic heterocycles. The van der Waals surface area contributed by atoms with Crippen molar-refractivity contribution in [3.63, 3.8) is 0 Å². The van der Waals surface area contributed by atoms with Crippen molar-refractivity contribution >= 4 is 11.9 Å². The molecular formula is C16H23NO3. The van der Waals surface area contributed by atoms with Crippen molar-refractivity contribution in [2.45, 2.75) is 45.6 Å². The van der Waals surface area contributed by atoms with Crippen molar-refractivity contribution in [2.24, 2.45) is 0 Å². The molecular weight excluding hydrogens is 254 g/mol. The Labute approximate surface area is 120 Å². The van der Waals surface area contributed by atoms with Gasteiger partial charge in [-0.25, -0.2) is 0 Å². The molecule has 0 spiro atoms. The van der Waals surface area contributed by atoms with Crippen molar-refractivity contribution in [3.8, 4) is 0 Å². The van der Waals surface area contributed by atoms with Gasteiger partial charge in [-0.2, -0.15) is 0 Å². The van der Waals surface area contributed by atoms with E-state index in [0.717, 1.165) is 18.4 Å². The van der Waals surface area contributed by atoms with Gasteiger partial charge in [-0.15, -0.1) is 0 Å². The molecule has 0 saturated carbocycles. The topological polar surface area (TPSA) is 55.4 Å². The van der Waals surface area contributed by atoms with E-state index in [4.69, 9.17) is 4.74 Å². The van der Waals surface area contributed by atoms with Gasteiger partial charge in [-0.3, -0.25) is 9.59 Å². The number of esters is 1. The third kappa shape index (κ3) is 5.87. The molecule has 0 aliphatic heterocycles. The minimum atomic E-state index is -0.320. The normalized spacial score (nSPS) is 11.7. The molecule has 1 atom stereocenters. The van der Waals surface area contributed by atoms with Gasteiger partial charge in [0.1, 0.15) is 0 Å². The Morgan fingerprint density at radius 1 is 1.20 bits per heavy atom. The summed E-state index contributed by atoms with van der Waals surface area (Å²) in [5.41, 5.74) is 0.922. The van der Waals surface area contributed by atoms with Crippen molar-refractivity contribution < 1.29 is 14.3 Å². The van der Waals surface area contributed by atoms with Crippen LogP contribution in [0.4, 0.5) is 0 Å². The van der Waals surface area contributed by atoms with E-state index in [9.17, 15) is 9.59 Å². The maximum absolute atomic E-state index is 11.9. The van der Waals surface area contributed by atoms with Crippen LogP contribution in [0.1, 0.15) is 51.1 Å². The zero-order valence-electron chi connectivity index (χ0n) is 12.2. The SMILES string of the molecule is CCCCC(=O)NC(CC(=O)OCC)c1ccccc1. The van der Waals surface area contributed by atoms with Gasteiger partial charge in [-0.1, -0.05) is 43.7 Å². The number of ether oxygens (including phenoxy) is 1. The summed E-state index contributed by atoms with van der Waals surface area (Å²) in [6.45, 7) is 4.17. The first-order chi connectivity index (χ1) is 9.67. The average molecular weight is 277 g/mol. The molecule has 20 heavy (non-hydrogen) atoms. The lowest BCUT2D eigenvalue weighted by atomic mass is 10.0. The number of hydrogen-bond donors (Lipinski definition) is 1. The number of unbranched alkanes of at least 4 members (excludes halogenated alkanes) is 1. The van der Waals surface area contributed by atoms with Crippen LogP contribution in [0.3, 0.4) is 0 Å². The molecule has 0 aliphatic carbocycles. The number of amides is 1. The highest BCUT2D eigenvalue weighted by atomic mass is 16.5. The Morgan fingerprint density at radius 2 is 1.90 bits per heavy atom. The van der Waals surface area contributed by atoms with E-state index < -0.39 is 0 Å². The minimum Gasteiger partial charge on any atom is -0.466 e. The van der Waals surface area contributed by atoms with Crippen LogP contribution < -0.4 is 5.32 Å². The first-order valence-electron chi connectivity index (χ1n) is 7.17. The summed E-state index contributed by atoms with van der Waals surface area (Å²) in [4.78, 5) is 23.5. The van der Waals surface area contributed by atoms with E-state index in [1.165, 1.54) is 0 Å². The highest BCUT2D eigenvalue weighted by Gasteiger charge is 2.18. The molecule has 1 aromatic rings. The molecule has 1 rings (SSSR count). The van der Waals surface area contributed by atoms with Crippen LogP contribution in [0.15, 0.2) is 30.3 Å². The van der Waals surface area contributed by atoms with Gasteiger partial charge in [0.15, 0.2) is 0 Å². The fourth-order valence-electron chi connectivity index (χ4n) is 1.93. The molecule has 4 nitrogen and oxygen atoms in total. The second-order valence-corrected chi connectivity index (χ2v) is 4.64. The first kappa shape index (κ1) is 16.2. The molecule has 110 valence electrons. The van der Waals surface area contributed by atoms with Crippen LogP contribution in [0.5, 0.6) is 0 Å². The molecule has 0 saturated heterocycles. The summed E-state index contributed by atoms with van der Waals surface area (Å²) < 4.78 is 4.97. The zero-order chi connectivity index (χ0) is 14.8. The van der Waals surface area contributed by atoms with Crippen LogP contribution in [-0.4, -0.2) is 18.5 Å². The monoisotopic (exact) mass is 277 g/mol. The lowest BCUT2D eigenvalue weighted by molar-refractivity contribution is -0.143. The Kier molecular flexibility index (Phi) is 7.40. The molecule has 0 fully saturated rings. The fourth-order valence-corrected chi connectivity index (χ4v) is 1.93. The highest BCUT2D eigenvalue weighted by molar-refractivity contribution is 5.78. The molecule has 0 bridgehead atoms. The number of carbonyl (C=O) groups excluding carboxylic acids is 2. The molecule has 0 heterocycles. The second kappa shape index (κ2) is 9.13. The summed E-state index contributed by atoms with van der Waals surface area (Å²) in [6.07, 6.45) is 2.48. The van der Waals surface area contributed by atoms with Gasteiger partial charge in [-0.05, 0) is 18.9 Å². The van der Waals surface area contributed by atoms with Gasteiger partial charge in [0.25, 0.3) is 0 Å². The third-order valence-electron chi connectivity index (χ3n) is 2.97. The van der Waals surface area contributed by atoms with Gasteiger partial charge in [0.05, 0.1) is 19.1 Å². The predicted molar refractivity (Wildman–Crippen MR) is 78.1 cm³/mol. The number of benzene rings is 1. The zero-order valence-corrected chi connectivity index (χ0v) is 12.2. The summed E-state index contributed by atoms with van der Waals surface area (Å²) in [5.74, 6) is -0.317. The van der Waals surface area contributed by atoms with Crippen LogP contribution >= 0.6 is 0 Å². The van der Waals surface area contributed by atoms with Crippen molar-refractivity contribution in [2.75, 3.05) is 6.61 Å². The predicted octanol–water partition coefficient (Wildman–Crippen LogP) is 2.99.